The monoisotopic (exact) mass is 269 g/mol. The van der Waals surface area contributed by atoms with Crippen LogP contribution >= 0.6 is 0 Å². The minimum atomic E-state index is -0.870. The molecule has 100 valence electrons. The summed E-state index contributed by atoms with van der Waals surface area (Å²) in [6.45, 7) is 2.33. The number of benzene rings is 1. The van der Waals surface area contributed by atoms with E-state index >= 15 is 0 Å². The second-order valence-corrected chi connectivity index (χ2v) is 3.55. The van der Waals surface area contributed by atoms with E-state index in [1.807, 2.05) is 0 Å². The third-order valence-corrected chi connectivity index (χ3v) is 2.15. The summed E-state index contributed by atoms with van der Waals surface area (Å²) in [6.07, 6.45) is 0.886. The van der Waals surface area contributed by atoms with Gasteiger partial charge in [-0.25, -0.2) is 13.8 Å². The van der Waals surface area contributed by atoms with Gasteiger partial charge >= 0.3 is 0 Å². The fourth-order valence-corrected chi connectivity index (χ4v) is 1.33. The van der Waals surface area contributed by atoms with Gasteiger partial charge in [-0.15, -0.1) is 0 Å². The van der Waals surface area contributed by atoms with Gasteiger partial charge in [0.2, 0.25) is 11.8 Å². The van der Waals surface area contributed by atoms with E-state index in [9.17, 15) is 13.2 Å². The Morgan fingerprint density at radius 3 is 2.74 bits per heavy atom. The molecule has 0 aliphatic carbocycles. The Kier molecular flexibility index (Phi) is 3.84. The van der Waals surface area contributed by atoms with Gasteiger partial charge in [0, 0.05) is 12.6 Å². The van der Waals surface area contributed by atoms with Crippen molar-refractivity contribution in [2.24, 2.45) is 0 Å². The third-order valence-electron chi connectivity index (χ3n) is 2.15. The number of hydrogen-bond acceptors (Lipinski definition) is 4. The Morgan fingerprint density at radius 1 is 1.21 bits per heavy atom. The smallest absolute Gasteiger partial charge is 0.260 e. The Morgan fingerprint density at radius 2 is 2.00 bits per heavy atom. The summed E-state index contributed by atoms with van der Waals surface area (Å²) in [5, 5.41) is 2.75. The zero-order chi connectivity index (χ0) is 13.8. The van der Waals surface area contributed by atoms with Crippen LogP contribution < -0.4 is 10.1 Å². The minimum Gasteiger partial charge on any atom is -0.433 e. The maximum atomic E-state index is 13.4. The molecule has 7 heteroatoms. The summed E-state index contributed by atoms with van der Waals surface area (Å²) in [7, 11) is 0. The van der Waals surface area contributed by atoms with Gasteiger partial charge in [0.15, 0.2) is 11.6 Å². The number of nitrogens with one attached hydrogen (secondary N) is 1. The van der Waals surface area contributed by atoms with E-state index in [1.54, 1.807) is 6.92 Å². The normalized spacial score (nSPS) is 10.3. The molecule has 0 atom stereocenters. The van der Waals surface area contributed by atoms with E-state index in [0.717, 1.165) is 24.4 Å². The second-order valence-electron chi connectivity index (χ2n) is 3.55. The number of nitrogens with zero attached hydrogens (tertiary/aromatic N) is 2. The van der Waals surface area contributed by atoms with Crippen molar-refractivity contribution in [1.29, 1.82) is 0 Å². The number of rotatable bonds is 4. The lowest BCUT2D eigenvalue weighted by Crippen LogP contribution is -2.04. The van der Waals surface area contributed by atoms with Gasteiger partial charge in [-0.1, -0.05) is 0 Å². The number of aromatic nitrogens is 2. The molecule has 0 saturated heterocycles. The van der Waals surface area contributed by atoms with Crippen LogP contribution in [0.3, 0.4) is 0 Å². The summed E-state index contributed by atoms with van der Waals surface area (Å²) < 4.78 is 44.7. The number of anilines is 1. The highest BCUT2D eigenvalue weighted by Crippen LogP contribution is 2.26. The van der Waals surface area contributed by atoms with Crippen LogP contribution in [0.4, 0.5) is 19.1 Å². The van der Waals surface area contributed by atoms with E-state index in [-0.39, 0.29) is 5.95 Å². The molecule has 1 N–H and O–H groups in total. The van der Waals surface area contributed by atoms with Gasteiger partial charge < -0.3 is 10.1 Å². The molecule has 1 heterocycles. The van der Waals surface area contributed by atoms with E-state index in [4.69, 9.17) is 4.74 Å². The molecule has 2 aromatic rings. The van der Waals surface area contributed by atoms with Crippen molar-refractivity contribution in [2.75, 3.05) is 11.9 Å². The molecule has 0 bridgehead atoms. The first kappa shape index (κ1) is 13.1. The molecule has 0 amide bonds. The van der Waals surface area contributed by atoms with Crippen molar-refractivity contribution in [1.82, 2.24) is 9.97 Å². The van der Waals surface area contributed by atoms with Gasteiger partial charge in [0.25, 0.3) is 5.88 Å². The van der Waals surface area contributed by atoms with Crippen LogP contribution in [0.25, 0.3) is 0 Å². The van der Waals surface area contributed by atoms with Crippen LogP contribution in [-0.4, -0.2) is 16.5 Å². The fourth-order valence-electron chi connectivity index (χ4n) is 1.33. The summed E-state index contributed by atoms with van der Waals surface area (Å²) in [4.78, 5) is 7.38. The van der Waals surface area contributed by atoms with Gasteiger partial charge in [-0.2, -0.15) is 9.37 Å². The topological polar surface area (TPSA) is 47.0 Å². The van der Waals surface area contributed by atoms with Crippen molar-refractivity contribution in [3.05, 3.63) is 41.8 Å². The quantitative estimate of drug-likeness (QED) is 0.926. The van der Waals surface area contributed by atoms with Crippen molar-refractivity contribution in [3.8, 4) is 11.6 Å². The molecular formula is C12H10F3N3O. The maximum absolute atomic E-state index is 13.4. The summed E-state index contributed by atoms with van der Waals surface area (Å²) >= 11 is 0. The Labute approximate surface area is 107 Å². The first-order chi connectivity index (χ1) is 9.10. The molecule has 0 aliphatic rings. The summed E-state index contributed by atoms with van der Waals surface area (Å²) in [5.74, 6) is -3.17. The van der Waals surface area contributed by atoms with Gasteiger partial charge in [0.05, 0.1) is 6.20 Å². The molecule has 0 aliphatic heterocycles. The highest BCUT2D eigenvalue weighted by atomic mass is 19.1. The standard InChI is InChI=1S/C12H10F3N3O/c1-2-16-12-17-6-9(15)11(18-12)19-10-5-7(13)3-4-8(10)14/h3-6H,2H2,1H3,(H,16,17,18). The number of hydrogen-bond donors (Lipinski definition) is 1. The molecule has 0 spiro atoms. The van der Waals surface area contributed by atoms with E-state index in [0.29, 0.717) is 6.54 Å². The van der Waals surface area contributed by atoms with Crippen LogP contribution in [0.15, 0.2) is 24.4 Å². The average molecular weight is 269 g/mol. The van der Waals surface area contributed by atoms with Crippen LogP contribution in [0.5, 0.6) is 11.6 Å². The van der Waals surface area contributed by atoms with Crippen LogP contribution in [0.2, 0.25) is 0 Å². The van der Waals surface area contributed by atoms with Crippen LogP contribution in [0.1, 0.15) is 6.92 Å². The van der Waals surface area contributed by atoms with Crippen LogP contribution in [-0.2, 0) is 0 Å². The van der Waals surface area contributed by atoms with Crippen LogP contribution in [0, 0.1) is 17.5 Å². The molecule has 2 rings (SSSR count). The lowest BCUT2D eigenvalue weighted by atomic mass is 10.3. The first-order valence-corrected chi connectivity index (χ1v) is 5.49. The first-order valence-electron chi connectivity index (χ1n) is 5.49. The molecule has 0 saturated carbocycles. The molecular weight excluding hydrogens is 259 g/mol. The highest BCUT2D eigenvalue weighted by Gasteiger charge is 2.12. The van der Waals surface area contributed by atoms with Crippen molar-refractivity contribution >= 4 is 5.95 Å². The molecule has 19 heavy (non-hydrogen) atoms. The van der Waals surface area contributed by atoms with E-state index < -0.39 is 29.1 Å². The largest absolute Gasteiger partial charge is 0.433 e. The van der Waals surface area contributed by atoms with Gasteiger partial charge in [-0.3, -0.25) is 0 Å². The number of halogens is 3. The molecule has 0 unspecified atom stereocenters. The molecule has 4 nitrogen and oxygen atoms in total. The van der Waals surface area contributed by atoms with Gasteiger partial charge in [-0.05, 0) is 19.1 Å². The SMILES string of the molecule is CCNc1ncc(F)c(Oc2cc(F)ccc2F)n1. The predicted molar refractivity (Wildman–Crippen MR) is 62.6 cm³/mol. The van der Waals surface area contributed by atoms with E-state index in [2.05, 4.69) is 15.3 Å². The second kappa shape index (κ2) is 5.55. The number of ether oxygens (including phenoxy) is 1. The Bertz CT molecular complexity index is 592. The maximum Gasteiger partial charge on any atom is 0.260 e. The summed E-state index contributed by atoms with van der Waals surface area (Å²) in [6, 6.07) is 2.63. The Hall–Kier alpha value is -2.31. The minimum absolute atomic E-state index is 0.135. The lowest BCUT2D eigenvalue weighted by Gasteiger charge is -2.08. The average Bonchev–Trinajstić information content (AvgIpc) is 2.38. The molecule has 0 fully saturated rings. The molecule has 0 radical (unpaired) electrons. The van der Waals surface area contributed by atoms with Gasteiger partial charge in [0.1, 0.15) is 5.82 Å². The zero-order valence-electron chi connectivity index (χ0n) is 9.95. The zero-order valence-corrected chi connectivity index (χ0v) is 9.95. The molecule has 1 aromatic heterocycles. The molecule has 1 aromatic carbocycles. The summed E-state index contributed by atoms with van der Waals surface area (Å²) in [5.41, 5.74) is 0. The Balaban J connectivity index is 2.31. The van der Waals surface area contributed by atoms with Crippen molar-refractivity contribution in [3.63, 3.8) is 0 Å². The third kappa shape index (κ3) is 3.12. The van der Waals surface area contributed by atoms with Crippen molar-refractivity contribution < 1.29 is 17.9 Å². The fraction of sp³-hybridized carbons (Fsp3) is 0.167. The highest BCUT2D eigenvalue weighted by molar-refractivity contribution is 5.33. The van der Waals surface area contributed by atoms with E-state index in [1.165, 1.54) is 0 Å². The van der Waals surface area contributed by atoms with Crippen molar-refractivity contribution in [2.45, 2.75) is 6.92 Å². The lowest BCUT2D eigenvalue weighted by molar-refractivity contribution is 0.393. The predicted octanol–water partition coefficient (Wildman–Crippen LogP) is 3.12.